The lowest BCUT2D eigenvalue weighted by Crippen LogP contribution is -2.56. The molecule has 2 aliphatic heterocycles. The van der Waals surface area contributed by atoms with Gasteiger partial charge < -0.3 is 4.90 Å². The minimum absolute atomic E-state index is 0.600. The van der Waals surface area contributed by atoms with Crippen molar-refractivity contribution in [1.29, 1.82) is 0 Å². The normalized spacial score (nSPS) is 23.0. The zero-order chi connectivity index (χ0) is 19.2. The number of hydrogen-bond acceptors (Lipinski definition) is 4. The van der Waals surface area contributed by atoms with Crippen molar-refractivity contribution in [2.45, 2.75) is 104 Å². The Morgan fingerprint density at radius 3 is 2.07 bits per heavy atom. The highest BCUT2D eigenvalue weighted by atomic mass is 15.4. The van der Waals surface area contributed by atoms with E-state index in [1.54, 1.807) is 0 Å². The van der Waals surface area contributed by atoms with E-state index in [4.69, 9.17) is 9.97 Å². The van der Waals surface area contributed by atoms with Crippen molar-refractivity contribution in [3.63, 3.8) is 0 Å². The zero-order valence-electron chi connectivity index (χ0n) is 18.0. The predicted molar refractivity (Wildman–Crippen MR) is 114 cm³/mol. The van der Waals surface area contributed by atoms with E-state index in [1.807, 2.05) is 0 Å². The zero-order valence-corrected chi connectivity index (χ0v) is 18.0. The predicted octanol–water partition coefficient (Wildman–Crippen LogP) is 5.08. The lowest BCUT2D eigenvalue weighted by molar-refractivity contribution is 0.176. The molecule has 0 aliphatic carbocycles. The number of nitrogens with zero attached hydrogens (tertiary/aromatic N) is 4. The molecule has 27 heavy (non-hydrogen) atoms. The minimum Gasteiger partial charge on any atom is -0.332 e. The summed E-state index contributed by atoms with van der Waals surface area (Å²) >= 11 is 0. The molecule has 2 saturated heterocycles. The van der Waals surface area contributed by atoms with E-state index in [9.17, 15) is 0 Å². The van der Waals surface area contributed by atoms with Crippen molar-refractivity contribution in [2.24, 2.45) is 5.92 Å². The number of aryl methyl sites for hydroxylation is 1. The van der Waals surface area contributed by atoms with Crippen LogP contribution in [0.4, 0.5) is 5.95 Å². The van der Waals surface area contributed by atoms with Gasteiger partial charge in [-0.15, -0.1) is 0 Å². The molecule has 4 heteroatoms. The molecule has 0 spiro atoms. The van der Waals surface area contributed by atoms with Gasteiger partial charge in [0.2, 0.25) is 5.95 Å². The number of aromatic nitrogens is 2. The standard InChI is InChI=1S/C23H40N4/c1-18(2)10-8-6-5-7-9-11-20-14-24-23(25-15-20)27-21-12-13-22(27)17-26(16-21)19(3)4/h14-15,18-19,21-22H,5-13,16-17H2,1-4H3. The molecule has 0 saturated carbocycles. The van der Waals surface area contributed by atoms with E-state index in [0.29, 0.717) is 18.1 Å². The van der Waals surface area contributed by atoms with Crippen molar-refractivity contribution in [2.75, 3.05) is 18.0 Å². The van der Waals surface area contributed by atoms with Crippen LogP contribution in [0.15, 0.2) is 12.4 Å². The molecule has 3 rings (SSSR count). The SMILES string of the molecule is CC(C)CCCCCCCc1cnc(N2C3CCC2CN(C(C)C)C3)nc1. The lowest BCUT2D eigenvalue weighted by Gasteiger charge is -2.42. The van der Waals surface area contributed by atoms with Crippen molar-refractivity contribution >= 4 is 5.95 Å². The summed E-state index contributed by atoms with van der Waals surface area (Å²) in [7, 11) is 0. The molecular weight excluding hydrogens is 332 g/mol. The van der Waals surface area contributed by atoms with Crippen LogP contribution in [-0.2, 0) is 6.42 Å². The van der Waals surface area contributed by atoms with E-state index < -0.39 is 0 Å². The third-order valence-corrected chi connectivity index (χ3v) is 6.41. The third kappa shape index (κ3) is 5.66. The molecule has 2 fully saturated rings. The smallest absolute Gasteiger partial charge is 0.225 e. The van der Waals surface area contributed by atoms with Crippen molar-refractivity contribution < 1.29 is 0 Å². The van der Waals surface area contributed by atoms with Gasteiger partial charge in [0.05, 0.1) is 0 Å². The quantitative estimate of drug-likeness (QED) is 0.536. The lowest BCUT2D eigenvalue weighted by atomic mass is 10.0. The fourth-order valence-corrected chi connectivity index (χ4v) is 4.71. The van der Waals surface area contributed by atoms with E-state index in [0.717, 1.165) is 31.4 Å². The van der Waals surface area contributed by atoms with Gasteiger partial charge in [0, 0.05) is 43.6 Å². The molecule has 1 aromatic heterocycles. The first-order chi connectivity index (χ1) is 13.0. The van der Waals surface area contributed by atoms with Gasteiger partial charge in [0.1, 0.15) is 0 Å². The summed E-state index contributed by atoms with van der Waals surface area (Å²) in [6.07, 6.45) is 16.0. The molecule has 2 unspecified atom stereocenters. The molecule has 0 aromatic carbocycles. The average molecular weight is 373 g/mol. The maximum Gasteiger partial charge on any atom is 0.225 e. The van der Waals surface area contributed by atoms with Gasteiger partial charge in [-0.3, -0.25) is 4.90 Å². The summed E-state index contributed by atoms with van der Waals surface area (Å²) < 4.78 is 0. The Morgan fingerprint density at radius 1 is 0.889 bits per heavy atom. The van der Waals surface area contributed by atoms with E-state index in [-0.39, 0.29) is 0 Å². The molecule has 0 amide bonds. The highest BCUT2D eigenvalue weighted by molar-refractivity contribution is 5.37. The van der Waals surface area contributed by atoms with Gasteiger partial charge in [0.15, 0.2) is 0 Å². The van der Waals surface area contributed by atoms with Crippen LogP contribution in [-0.4, -0.2) is 46.1 Å². The highest BCUT2D eigenvalue weighted by Gasteiger charge is 2.41. The second-order valence-corrected chi connectivity index (χ2v) is 9.43. The van der Waals surface area contributed by atoms with Crippen LogP contribution in [0.2, 0.25) is 0 Å². The number of piperazine rings is 1. The van der Waals surface area contributed by atoms with Crippen LogP contribution in [0.5, 0.6) is 0 Å². The maximum atomic E-state index is 4.76. The Balaban J connectivity index is 1.42. The molecule has 152 valence electrons. The monoisotopic (exact) mass is 372 g/mol. The first-order valence-corrected chi connectivity index (χ1v) is 11.4. The van der Waals surface area contributed by atoms with E-state index in [2.05, 4.69) is 49.9 Å². The fraction of sp³-hybridized carbons (Fsp3) is 0.826. The van der Waals surface area contributed by atoms with Gasteiger partial charge in [-0.05, 0) is 51.0 Å². The van der Waals surface area contributed by atoms with Crippen molar-refractivity contribution in [1.82, 2.24) is 14.9 Å². The highest BCUT2D eigenvalue weighted by Crippen LogP contribution is 2.33. The number of likely N-dealkylation sites (tertiary alicyclic amines) is 1. The number of rotatable bonds is 10. The number of hydrogen-bond donors (Lipinski definition) is 0. The molecule has 2 bridgehead atoms. The van der Waals surface area contributed by atoms with Crippen LogP contribution in [0, 0.1) is 5.92 Å². The van der Waals surface area contributed by atoms with Crippen molar-refractivity contribution in [3.8, 4) is 0 Å². The fourth-order valence-electron chi connectivity index (χ4n) is 4.71. The first-order valence-electron chi connectivity index (χ1n) is 11.4. The Bertz CT molecular complexity index is 540. The average Bonchev–Trinajstić information content (AvgIpc) is 2.90. The van der Waals surface area contributed by atoms with Crippen LogP contribution in [0.3, 0.4) is 0 Å². The van der Waals surface area contributed by atoms with Crippen LogP contribution in [0.25, 0.3) is 0 Å². The molecule has 3 heterocycles. The first kappa shape index (κ1) is 20.6. The summed E-state index contributed by atoms with van der Waals surface area (Å²) in [4.78, 5) is 14.6. The molecule has 4 nitrogen and oxygen atoms in total. The van der Waals surface area contributed by atoms with Crippen LogP contribution < -0.4 is 4.90 Å². The third-order valence-electron chi connectivity index (χ3n) is 6.41. The topological polar surface area (TPSA) is 32.3 Å². The van der Waals surface area contributed by atoms with Crippen LogP contribution >= 0.6 is 0 Å². The summed E-state index contributed by atoms with van der Waals surface area (Å²) in [5.41, 5.74) is 1.30. The Kier molecular flexibility index (Phi) is 7.51. The summed E-state index contributed by atoms with van der Waals surface area (Å²) in [5, 5.41) is 0. The second kappa shape index (κ2) is 9.86. The molecule has 2 aliphatic rings. The van der Waals surface area contributed by atoms with Crippen LogP contribution in [0.1, 0.15) is 84.6 Å². The molecule has 1 aromatic rings. The van der Waals surface area contributed by atoms with Crippen molar-refractivity contribution in [3.05, 3.63) is 18.0 Å². The largest absolute Gasteiger partial charge is 0.332 e. The molecule has 0 radical (unpaired) electrons. The second-order valence-electron chi connectivity index (χ2n) is 9.43. The number of fused-ring (bicyclic) bond motifs is 2. The Hall–Kier alpha value is -1.16. The number of anilines is 1. The summed E-state index contributed by atoms with van der Waals surface area (Å²) in [6.45, 7) is 11.6. The molecular formula is C23H40N4. The number of unbranched alkanes of at least 4 members (excludes halogenated alkanes) is 4. The molecule has 0 N–H and O–H groups in total. The van der Waals surface area contributed by atoms with E-state index in [1.165, 1.54) is 56.9 Å². The summed E-state index contributed by atoms with van der Waals surface area (Å²) in [5.74, 6) is 1.81. The Morgan fingerprint density at radius 2 is 1.48 bits per heavy atom. The minimum atomic E-state index is 0.600. The Labute approximate surface area is 166 Å². The molecule has 2 atom stereocenters. The van der Waals surface area contributed by atoms with Gasteiger partial charge in [-0.1, -0.05) is 46.0 Å². The van der Waals surface area contributed by atoms with E-state index >= 15 is 0 Å². The van der Waals surface area contributed by atoms with Gasteiger partial charge >= 0.3 is 0 Å². The maximum absolute atomic E-state index is 4.76. The summed E-state index contributed by atoms with van der Waals surface area (Å²) in [6, 6.07) is 1.84. The van der Waals surface area contributed by atoms with Gasteiger partial charge in [-0.2, -0.15) is 0 Å². The van der Waals surface area contributed by atoms with Gasteiger partial charge in [-0.25, -0.2) is 9.97 Å². The van der Waals surface area contributed by atoms with Gasteiger partial charge in [0.25, 0.3) is 0 Å².